The van der Waals surface area contributed by atoms with Crippen molar-refractivity contribution in [3.63, 3.8) is 0 Å². The second-order valence-electron chi connectivity index (χ2n) is 5.42. The molecule has 0 aromatic heterocycles. The molecule has 0 N–H and O–H groups in total. The Morgan fingerprint density at radius 3 is 2.30 bits per heavy atom. The first-order valence-corrected chi connectivity index (χ1v) is 7.63. The zero-order valence-corrected chi connectivity index (χ0v) is 13.9. The van der Waals surface area contributed by atoms with Gasteiger partial charge in [0.05, 0.1) is 14.2 Å². The minimum absolute atomic E-state index is 0.128. The lowest BCUT2D eigenvalue weighted by molar-refractivity contribution is -0.130. The van der Waals surface area contributed by atoms with Crippen molar-refractivity contribution in [3.8, 4) is 11.5 Å². The number of hydrogen-bond acceptors (Lipinski definition) is 3. The van der Waals surface area contributed by atoms with E-state index in [1.54, 1.807) is 19.1 Å². The molecule has 0 saturated carbocycles. The highest BCUT2D eigenvalue weighted by molar-refractivity contribution is 5.76. The van der Waals surface area contributed by atoms with Gasteiger partial charge in [-0.15, -0.1) is 0 Å². The molecule has 0 radical (unpaired) electrons. The van der Waals surface area contributed by atoms with Crippen LogP contribution in [-0.4, -0.2) is 32.1 Å². The van der Waals surface area contributed by atoms with Crippen molar-refractivity contribution in [2.75, 3.05) is 21.3 Å². The Morgan fingerprint density at radius 2 is 1.65 bits per heavy atom. The minimum atomic E-state index is 0.128. The molecule has 0 aliphatic heterocycles. The molecule has 2 aromatic rings. The predicted octanol–water partition coefficient (Wildman–Crippen LogP) is 3.30. The lowest BCUT2D eigenvalue weighted by atomic mass is 10.1. The quantitative estimate of drug-likeness (QED) is 0.787. The van der Waals surface area contributed by atoms with Gasteiger partial charge in [0.15, 0.2) is 11.5 Å². The van der Waals surface area contributed by atoms with Crippen molar-refractivity contribution >= 4 is 5.91 Å². The normalized spacial score (nSPS) is 10.2. The fraction of sp³-hybridized carbons (Fsp3) is 0.316. The maximum Gasteiger partial charge on any atom is 0.222 e. The molecule has 0 fully saturated rings. The first-order valence-electron chi connectivity index (χ1n) is 7.63. The molecule has 0 spiro atoms. The van der Waals surface area contributed by atoms with E-state index in [1.165, 1.54) is 0 Å². The van der Waals surface area contributed by atoms with Crippen molar-refractivity contribution in [1.29, 1.82) is 0 Å². The maximum absolute atomic E-state index is 12.3. The summed E-state index contributed by atoms with van der Waals surface area (Å²) < 4.78 is 10.5. The van der Waals surface area contributed by atoms with Gasteiger partial charge in [-0.05, 0) is 29.7 Å². The van der Waals surface area contributed by atoms with Gasteiger partial charge in [0.1, 0.15) is 0 Å². The molecular weight excluding hydrogens is 290 g/mol. The summed E-state index contributed by atoms with van der Waals surface area (Å²) in [5, 5.41) is 0. The molecule has 0 bridgehead atoms. The summed E-state index contributed by atoms with van der Waals surface area (Å²) >= 11 is 0. The number of nitrogens with zero attached hydrogens (tertiary/aromatic N) is 1. The van der Waals surface area contributed by atoms with Crippen molar-refractivity contribution in [2.45, 2.75) is 19.4 Å². The minimum Gasteiger partial charge on any atom is -0.493 e. The number of hydrogen-bond donors (Lipinski definition) is 0. The largest absolute Gasteiger partial charge is 0.493 e. The van der Waals surface area contributed by atoms with E-state index >= 15 is 0 Å². The topological polar surface area (TPSA) is 38.8 Å². The van der Waals surface area contributed by atoms with E-state index in [1.807, 2.05) is 55.6 Å². The summed E-state index contributed by atoms with van der Waals surface area (Å²) in [6.45, 7) is 0.631. The van der Waals surface area contributed by atoms with Gasteiger partial charge in [0.25, 0.3) is 0 Å². The van der Waals surface area contributed by atoms with Crippen molar-refractivity contribution in [1.82, 2.24) is 4.90 Å². The van der Waals surface area contributed by atoms with Gasteiger partial charge in [0, 0.05) is 20.0 Å². The van der Waals surface area contributed by atoms with Gasteiger partial charge in [-0.25, -0.2) is 0 Å². The smallest absolute Gasteiger partial charge is 0.222 e. The van der Waals surface area contributed by atoms with Crippen LogP contribution >= 0.6 is 0 Å². The van der Waals surface area contributed by atoms with Crippen LogP contribution in [0.3, 0.4) is 0 Å². The van der Waals surface area contributed by atoms with E-state index in [4.69, 9.17) is 9.47 Å². The highest BCUT2D eigenvalue weighted by atomic mass is 16.5. The van der Waals surface area contributed by atoms with Crippen molar-refractivity contribution in [2.24, 2.45) is 0 Å². The fourth-order valence-corrected chi connectivity index (χ4v) is 2.42. The van der Waals surface area contributed by atoms with E-state index in [0.29, 0.717) is 30.9 Å². The van der Waals surface area contributed by atoms with Crippen LogP contribution in [0.4, 0.5) is 0 Å². The number of ether oxygens (including phenoxy) is 2. The molecular formula is C19H23NO3. The Bertz CT molecular complexity index is 640. The molecule has 0 saturated heterocycles. The second-order valence-corrected chi connectivity index (χ2v) is 5.42. The molecule has 0 heterocycles. The van der Waals surface area contributed by atoms with Crippen LogP contribution in [0.25, 0.3) is 0 Å². The summed E-state index contributed by atoms with van der Waals surface area (Å²) in [6.07, 6.45) is 1.15. The molecule has 4 nitrogen and oxygen atoms in total. The van der Waals surface area contributed by atoms with Crippen molar-refractivity contribution < 1.29 is 14.3 Å². The van der Waals surface area contributed by atoms with Crippen LogP contribution in [0, 0.1) is 0 Å². The standard InChI is InChI=1S/C19H23NO3/c1-20(14-16-7-5-4-6-8-16)19(21)12-10-15-9-11-17(22-2)18(13-15)23-3/h4-9,11,13H,10,12,14H2,1-3H3. The van der Waals surface area contributed by atoms with Gasteiger partial charge in [-0.1, -0.05) is 36.4 Å². The van der Waals surface area contributed by atoms with E-state index in [0.717, 1.165) is 11.1 Å². The van der Waals surface area contributed by atoms with Crippen molar-refractivity contribution in [3.05, 3.63) is 59.7 Å². The number of benzene rings is 2. The lowest BCUT2D eigenvalue weighted by Crippen LogP contribution is -2.26. The van der Waals surface area contributed by atoms with Crippen LogP contribution in [0.1, 0.15) is 17.5 Å². The SMILES string of the molecule is COc1ccc(CCC(=O)N(C)Cc2ccccc2)cc1OC. The van der Waals surface area contributed by atoms with Gasteiger partial charge in [-0.2, -0.15) is 0 Å². The lowest BCUT2D eigenvalue weighted by Gasteiger charge is -2.17. The Labute approximate surface area is 137 Å². The molecule has 0 atom stereocenters. The maximum atomic E-state index is 12.3. The summed E-state index contributed by atoms with van der Waals surface area (Å²) in [5.74, 6) is 1.52. The van der Waals surface area contributed by atoms with Crippen LogP contribution in [0.5, 0.6) is 11.5 Å². The third kappa shape index (κ3) is 4.74. The van der Waals surface area contributed by atoms with E-state index in [2.05, 4.69) is 0 Å². The summed E-state index contributed by atoms with van der Waals surface area (Å²) in [4.78, 5) is 14.0. The van der Waals surface area contributed by atoms with E-state index in [9.17, 15) is 4.79 Å². The zero-order chi connectivity index (χ0) is 16.7. The molecule has 2 rings (SSSR count). The molecule has 2 aromatic carbocycles. The number of rotatable bonds is 7. The average Bonchev–Trinajstić information content (AvgIpc) is 2.60. The Morgan fingerprint density at radius 1 is 0.957 bits per heavy atom. The molecule has 23 heavy (non-hydrogen) atoms. The molecule has 0 unspecified atom stereocenters. The highest BCUT2D eigenvalue weighted by Crippen LogP contribution is 2.28. The molecule has 0 aliphatic carbocycles. The monoisotopic (exact) mass is 313 g/mol. The number of carbonyl (C=O) groups excluding carboxylic acids is 1. The Kier molecular flexibility index (Phi) is 6.03. The van der Waals surface area contributed by atoms with Crippen LogP contribution in [0.2, 0.25) is 0 Å². The number of amides is 1. The van der Waals surface area contributed by atoms with Gasteiger partial charge in [-0.3, -0.25) is 4.79 Å². The molecule has 1 amide bonds. The summed E-state index contributed by atoms with van der Waals surface area (Å²) in [5.41, 5.74) is 2.19. The molecule has 122 valence electrons. The first-order chi connectivity index (χ1) is 11.1. The third-order valence-electron chi connectivity index (χ3n) is 3.76. The first kappa shape index (κ1) is 16.9. The van der Waals surface area contributed by atoms with Gasteiger partial charge < -0.3 is 14.4 Å². The zero-order valence-electron chi connectivity index (χ0n) is 13.9. The predicted molar refractivity (Wildman–Crippen MR) is 90.8 cm³/mol. The highest BCUT2D eigenvalue weighted by Gasteiger charge is 2.11. The number of aryl methyl sites for hydroxylation is 1. The van der Waals surface area contributed by atoms with Crippen LogP contribution in [0.15, 0.2) is 48.5 Å². The van der Waals surface area contributed by atoms with Crippen LogP contribution < -0.4 is 9.47 Å². The Hall–Kier alpha value is -2.49. The third-order valence-corrected chi connectivity index (χ3v) is 3.76. The molecule has 4 heteroatoms. The van der Waals surface area contributed by atoms with E-state index in [-0.39, 0.29) is 5.91 Å². The van der Waals surface area contributed by atoms with E-state index < -0.39 is 0 Å². The fourth-order valence-electron chi connectivity index (χ4n) is 2.42. The summed E-state index contributed by atoms with van der Waals surface area (Å²) in [7, 11) is 5.06. The summed E-state index contributed by atoms with van der Waals surface area (Å²) in [6, 6.07) is 15.7. The Balaban J connectivity index is 1.91. The van der Waals surface area contributed by atoms with Gasteiger partial charge >= 0.3 is 0 Å². The van der Waals surface area contributed by atoms with Crippen LogP contribution in [-0.2, 0) is 17.8 Å². The average molecular weight is 313 g/mol. The van der Waals surface area contributed by atoms with Gasteiger partial charge in [0.2, 0.25) is 5.91 Å². The number of methoxy groups -OCH3 is 2. The molecule has 0 aliphatic rings. The number of carbonyl (C=O) groups is 1. The second kappa shape index (κ2) is 8.22.